The summed E-state index contributed by atoms with van der Waals surface area (Å²) in [6.45, 7) is 2.12. The van der Waals surface area contributed by atoms with Crippen LogP contribution in [0.5, 0.6) is 0 Å². The number of nitrogens with one attached hydrogen (secondary N) is 1. The molecule has 1 aliphatic rings. The maximum Gasteiger partial charge on any atom is 0.322 e. The zero-order valence-corrected chi connectivity index (χ0v) is 17.2. The summed E-state index contributed by atoms with van der Waals surface area (Å²) >= 11 is 0. The predicted octanol–water partition coefficient (Wildman–Crippen LogP) is 1.68. The van der Waals surface area contributed by atoms with Gasteiger partial charge in [0.2, 0.25) is 17.4 Å². The minimum Gasteiger partial charge on any atom is -0.408 e. The zero-order valence-electron chi connectivity index (χ0n) is 17.2. The largest absolute Gasteiger partial charge is 0.408 e. The fraction of sp³-hybridized carbons (Fsp3) is 0.250. The molecule has 1 saturated heterocycles. The second-order valence-electron chi connectivity index (χ2n) is 7.34. The van der Waals surface area contributed by atoms with Gasteiger partial charge >= 0.3 is 6.01 Å². The Morgan fingerprint density at radius 1 is 1.12 bits per heavy atom. The van der Waals surface area contributed by atoms with E-state index in [0.717, 1.165) is 0 Å². The number of carbonyl (C=O) groups excluding carboxylic acids is 1. The summed E-state index contributed by atoms with van der Waals surface area (Å²) in [7, 11) is 1.63. The predicted molar refractivity (Wildman–Crippen MR) is 109 cm³/mol. The van der Waals surface area contributed by atoms with Crippen molar-refractivity contribution in [1.82, 2.24) is 35.2 Å². The molecule has 2 N–H and O–H groups in total. The lowest BCUT2D eigenvalue weighted by atomic mass is 9.98. The number of likely N-dealkylation sites (N-methyl/N-ethyl adjacent to an activating group) is 1. The Balaban J connectivity index is 1.42. The molecule has 1 amide bonds. The van der Waals surface area contributed by atoms with Gasteiger partial charge in [-0.3, -0.25) is 10.1 Å². The van der Waals surface area contributed by atoms with Crippen LogP contribution in [0.3, 0.4) is 0 Å². The minimum atomic E-state index is -1.71. The molecule has 4 aromatic heterocycles. The van der Waals surface area contributed by atoms with Crippen molar-refractivity contribution >= 4 is 17.9 Å². The van der Waals surface area contributed by atoms with Crippen LogP contribution in [-0.2, 0) is 10.4 Å². The molecule has 1 atom stereocenters. The Hall–Kier alpha value is -4.19. The normalized spacial score (nSPS) is 18.3. The molecule has 162 valence electrons. The summed E-state index contributed by atoms with van der Waals surface area (Å²) in [4.78, 5) is 26.9. The third-order valence-electron chi connectivity index (χ3n) is 5.10. The van der Waals surface area contributed by atoms with E-state index in [1.165, 1.54) is 11.0 Å². The average molecular weight is 434 g/mol. The number of carbonyl (C=O) groups is 1. The zero-order chi connectivity index (χ0) is 22.3. The molecule has 32 heavy (non-hydrogen) atoms. The van der Waals surface area contributed by atoms with Gasteiger partial charge in [-0.1, -0.05) is 16.3 Å². The van der Waals surface area contributed by atoms with Gasteiger partial charge in [0, 0.05) is 39.2 Å². The van der Waals surface area contributed by atoms with Gasteiger partial charge in [-0.25, -0.2) is 15.0 Å². The van der Waals surface area contributed by atoms with Crippen molar-refractivity contribution in [3.63, 3.8) is 0 Å². The van der Waals surface area contributed by atoms with Gasteiger partial charge in [-0.05, 0) is 18.2 Å². The number of rotatable bonds is 5. The molecule has 12 heteroatoms. The van der Waals surface area contributed by atoms with Gasteiger partial charge in [0.25, 0.3) is 5.91 Å². The quantitative estimate of drug-likeness (QED) is 0.471. The highest BCUT2D eigenvalue weighted by molar-refractivity contribution is 5.87. The monoisotopic (exact) mass is 434 g/mol. The van der Waals surface area contributed by atoms with Crippen molar-refractivity contribution in [1.29, 1.82) is 0 Å². The van der Waals surface area contributed by atoms with E-state index in [4.69, 9.17) is 8.94 Å². The molecular formula is C20H18N8O4. The van der Waals surface area contributed by atoms with E-state index in [1.807, 2.05) is 0 Å². The lowest BCUT2D eigenvalue weighted by Gasteiger charge is -2.16. The van der Waals surface area contributed by atoms with Crippen LogP contribution in [0.25, 0.3) is 22.8 Å². The first-order chi connectivity index (χ1) is 15.4. The van der Waals surface area contributed by atoms with Gasteiger partial charge in [-0.2, -0.15) is 0 Å². The lowest BCUT2D eigenvalue weighted by Crippen LogP contribution is -2.35. The highest BCUT2D eigenvalue weighted by Gasteiger charge is 2.48. The molecule has 1 fully saturated rings. The third-order valence-corrected chi connectivity index (χ3v) is 5.10. The van der Waals surface area contributed by atoms with Gasteiger partial charge in [0.15, 0.2) is 5.76 Å². The number of hydrogen-bond acceptors (Lipinski definition) is 11. The first kappa shape index (κ1) is 19.8. The number of aromatic nitrogens is 6. The van der Waals surface area contributed by atoms with Crippen molar-refractivity contribution in [2.75, 3.05) is 18.9 Å². The van der Waals surface area contributed by atoms with Gasteiger partial charge < -0.3 is 18.9 Å². The number of likely N-dealkylation sites (tertiary alicyclic amines) is 1. The highest BCUT2D eigenvalue weighted by Crippen LogP contribution is 2.34. The van der Waals surface area contributed by atoms with Crippen LogP contribution in [0.1, 0.15) is 18.1 Å². The van der Waals surface area contributed by atoms with Gasteiger partial charge in [0.05, 0.1) is 17.1 Å². The second-order valence-corrected chi connectivity index (χ2v) is 7.34. The summed E-state index contributed by atoms with van der Waals surface area (Å²) < 4.78 is 10.6. The molecule has 1 aliphatic heterocycles. The van der Waals surface area contributed by atoms with Crippen molar-refractivity contribution in [2.24, 2.45) is 0 Å². The number of nitrogens with zero attached hydrogens (tertiary/aromatic N) is 7. The molecule has 12 nitrogen and oxygen atoms in total. The fourth-order valence-corrected chi connectivity index (χ4v) is 3.40. The molecule has 0 saturated carbocycles. The SMILES string of the molecule is Cc1nnc(Nc2nccc(-c3cccc(-c4cc(C5(O)CCN(C)C5=O)on4)n3)n2)o1. The van der Waals surface area contributed by atoms with Crippen molar-refractivity contribution < 1.29 is 18.8 Å². The summed E-state index contributed by atoms with van der Waals surface area (Å²) in [6.07, 6.45) is 1.81. The van der Waals surface area contributed by atoms with Crippen LogP contribution in [-0.4, -0.2) is 59.8 Å². The van der Waals surface area contributed by atoms with Crippen LogP contribution < -0.4 is 5.32 Å². The smallest absolute Gasteiger partial charge is 0.322 e. The van der Waals surface area contributed by atoms with E-state index in [1.54, 1.807) is 44.4 Å². The van der Waals surface area contributed by atoms with Crippen LogP contribution in [0.15, 0.2) is 45.5 Å². The van der Waals surface area contributed by atoms with E-state index in [9.17, 15) is 9.90 Å². The maximum absolute atomic E-state index is 12.3. The van der Waals surface area contributed by atoms with Gasteiger partial charge in [-0.15, -0.1) is 5.10 Å². The molecule has 0 spiro atoms. The molecule has 5 rings (SSSR count). The molecule has 1 unspecified atom stereocenters. The first-order valence-corrected chi connectivity index (χ1v) is 9.75. The Kier molecular flexibility index (Phi) is 4.63. The molecular weight excluding hydrogens is 416 g/mol. The summed E-state index contributed by atoms with van der Waals surface area (Å²) in [6, 6.07) is 8.76. The van der Waals surface area contributed by atoms with Crippen LogP contribution in [0.4, 0.5) is 12.0 Å². The highest BCUT2D eigenvalue weighted by atomic mass is 16.5. The standard InChI is InChI=1S/C20H18N8O4/c1-11-25-26-19(31-11)24-18-21-8-6-14(23-18)12-4-3-5-13(22-12)15-10-16(32-27-15)20(30)7-9-28(2)17(20)29/h3-6,8,10,30H,7,9H2,1-2H3,(H,21,23,24,26). The van der Waals surface area contributed by atoms with Crippen LogP contribution in [0.2, 0.25) is 0 Å². The Morgan fingerprint density at radius 2 is 1.91 bits per heavy atom. The number of amides is 1. The summed E-state index contributed by atoms with van der Waals surface area (Å²) in [5.41, 5.74) is 0.301. The first-order valence-electron chi connectivity index (χ1n) is 9.75. The van der Waals surface area contributed by atoms with Crippen molar-refractivity contribution in [2.45, 2.75) is 18.9 Å². The number of aliphatic hydroxyl groups is 1. The van der Waals surface area contributed by atoms with Crippen molar-refractivity contribution in [3.05, 3.63) is 48.2 Å². The summed E-state index contributed by atoms with van der Waals surface area (Å²) in [5.74, 6) is 0.366. The lowest BCUT2D eigenvalue weighted by molar-refractivity contribution is -0.144. The second kappa shape index (κ2) is 7.50. The Morgan fingerprint density at radius 3 is 2.62 bits per heavy atom. The third kappa shape index (κ3) is 3.46. The number of pyridine rings is 1. The number of aryl methyl sites for hydroxylation is 1. The van der Waals surface area contributed by atoms with Gasteiger partial charge in [0.1, 0.15) is 5.69 Å². The molecule has 0 aromatic carbocycles. The number of anilines is 2. The number of hydrogen-bond donors (Lipinski definition) is 2. The molecule has 5 heterocycles. The summed E-state index contributed by atoms with van der Waals surface area (Å²) in [5, 5.41) is 25.2. The average Bonchev–Trinajstić information content (AvgIpc) is 3.52. The molecule has 0 aliphatic carbocycles. The van der Waals surface area contributed by atoms with E-state index in [2.05, 4.69) is 35.6 Å². The van der Waals surface area contributed by atoms with Crippen LogP contribution in [0, 0.1) is 6.92 Å². The van der Waals surface area contributed by atoms with E-state index < -0.39 is 11.5 Å². The van der Waals surface area contributed by atoms with Crippen molar-refractivity contribution in [3.8, 4) is 22.8 Å². The Bertz CT molecular complexity index is 1300. The molecule has 4 aromatic rings. The fourth-order valence-electron chi connectivity index (χ4n) is 3.40. The topological polar surface area (TPSA) is 156 Å². The van der Waals surface area contributed by atoms with E-state index >= 15 is 0 Å². The van der Waals surface area contributed by atoms with E-state index in [0.29, 0.717) is 35.2 Å². The molecule has 0 radical (unpaired) electrons. The van der Waals surface area contributed by atoms with E-state index in [-0.39, 0.29) is 24.1 Å². The maximum atomic E-state index is 12.3. The minimum absolute atomic E-state index is 0.0948. The molecule has 0 bridgehead atoms. The Labute approximate surface area is 181 Å². The van der Waals surface area contributed by atoms with Crippen LogP contribution >= 0.6 is 0 Å².